The van der Waals surface area contributed by atoms with Gasteiger partial charge in [-0.2, -0.15) is 0 Å². The number of carboxylic acids is 1. The van der Waals surface area contributed by atoms with E-state index < -0.39 is 17.9 Å². The molecule has 1 aromatic carbocycles. The molecule has 0 unspecified atom stereocenters. The first-order chi connectivity index (χ1) is 8.81. The van der Waals surface area contributed by atoms with Gasteiger partial charge in [-0.05, 0) is 38.8 Å². The highest BCUT2D eigenvalue weighted by Crippen LogP contribution is 2.24. The topological polar surface area (TPSA) is 75.6 Å². The van der Waals surface area contributed by atoms with Gasteiger partial charge in [0.05, 0.1) is 0 Å². The minimum Gasteiger partial charge on any atom is -0.483 e. The largest absolute Gasteiger partial charge is 0.483 e. The lowest BCUT2D eigenvalue weighted by molar-refractivity contribution is -0.141. The van der Waals surface area contributed by atoms with Crippen LogP contribution in [0.5, 0.6) is 5.75 Å². The lowest BCUT2D eigenvalue weighted by atomic mass is 10.1. The molecule has 1 amide bonds. The van der Waals surface area contributed by atoms with E-state index in [2.05, 4.69) is 5.32 Å². The van der Waals surface area contributed by atoms with Crippen molar-refractivity contribution in [2.75, 3.05) is 6.61 Å². The maximum Gasteiger partial charge on any atom is 0.325 e. The lowest BCUT2D eigenvalue weighted by Crippen LogP contribution is -2.40. The summed E-state index contributed by atoms with van der Waals surface area (Å²) in [6.45, 7) is 7.02. The van der Waals surface area contributed by atoms with Crippen LogP contribution >= 0.6 is 0 Å². The molecule has 0 aliphatic rings. The van der Waals surface area contributed by atoms with Crippen LogP contribution in [0, 0.1) is 20.8 Å². The third-order valence-electron chi connectivity index (χ3n) is 2.70. The van der Waals surface area contributed by atoms with E-state index in [9.17, 15) is 9.59 Å². The Morgan fingerprint density at radius 3 is 2.26 bits per heavy atom. The summed E-state index contributed by atoms with van der Waals surface area (Å²) >= 11 is 0. The molecular formula is C14H19NO4. The van der Waals surface area contributed by atoms with Crippen molar-refractivity contribution in [2.24, 2.45) is 0 Å². The molecule has 1 aromatic rings. The molecule has 19 heavy (non-hydrogen) atoms. The zero-order chi connectivity index (χ0) is 14.6. The Bertz CT molecular complexity index is 473. The van der Waals surface area contributed by atoms with Crippen LogP contribution in [0.1, 0.15) is 23.6 Å². The predicted molar refractivity (Wildman–Crippen MR) is 71.4 cm³/mol. The van der Waals surface area contributed by atoms with E-state index in [1.54, 1.807) is 0 Å². The van der Waals surface area contributed by atoms with Crippen molar-refractivity contribution in [3.05, 3.63) is 28.8 Å². The van der Waals surface area contributed by atoms with Gasteiger partial charge in [0.25, 0.3) is 5.91 Å². The minimum absolute atomic E-state index is 0.192. The Labute approximate surface area is 112 Å². The van der Waals surface area contributed by atoms with Crippen molar-refractivity contribution < 1.29 is 19.4 Å². The van der Waals surface area contributed by atoms with Crippen molar-refractivity contribution >= 4 is 11.9 Å². The van der Waals surface area contributed by atoms with Crippen molar-refractivity contribution in [1.82, 2.24) is 5.32 Å². The molecule has 0 fully saturated rings. The molecule has 0 saturated carbocycles. The number of ether oxygens (including phenoxy) is 1. The molecule has 0 heterocycles. The maximum atomic E-state index is 11.5. The fourth-order valence-corrected chi connectivity index (χ4v) is 1.88. The highest BCUT2D eigenvalue weighted by atomic mass is 16.5. The van der Waals surface area contributed by atoms with E-state index in [1.807, 2.05) is 32.9 Å². The van der Waals surface area contributed by atoms with Crippen LogP contribution in [-0.4, -0.2) is 29.6 Å². The normalized spacial score (nSPS) is 11.8. The first-order valence-electron chi connectivity index (χ1n) is 6.04. The molecule has 104 valence electrons. The third kappa shape index (κ3) is 4.28. The van der Waals surface area contributed by atoms with Crippen LogP contribution in [0.4, 0.5) is 0 Å². The highest BCUT2D eigenvalue weighted by molar-refractivity contribution is 5.84. The standard InChI is InChI=1S/C14H19NO4/c1-8-5-9(2)13(10(3)6-8)19-7-12(16)15-11(4)14(17)18/h5-6,11H,7H2,1-4H3,(H,15,16)(H,17,18)/t11-/m0/s1. The molecule has 0 aliphatic heterocycles. The van der Waals surface area contributed by atoms with E-state index in [0.717, 1.165) is 16.7 Å². The second-order valence-corrected chi connectivity index (χ2v) is 4.64. The third-order valence-corrected chi connectivity index (χ3v) is 2.70. The molecule has 5 nitrogen and oxygen atoms in total. The number of hydrogen-bond donors (Lipinski definition) is 2. The fourth-order valence-electron chi connectivity index (χ4n) is 1.88. The number of amides is 1. The van der Waals surface area contributed by atoms with E-state index in [0.29, 0.717) is 5.75 Å². The number of carbonyl (C=O) groups excluding carboxylic acids is 1. The van der Waals surface area contributed by atoms with Gasteiger partial charge in [0.1, 0.15) is 11.8 Å². The number of carbonyl (C=O) groups is 2. The van der Waals surface area contributed by atoms with Gasteiger partial charge in [-0.25, -0.2) is 0 Å². The van der Waals surface area contributed by atoms with Gasteiger partial charge in [-0.15, -0.1) is 0 Å². The molecule has 0 aliphatic carbocycles. The monoisotopic (exact) mass is 265 g/mol. The number of aryl methyl sites for hydroxylation is 3. The first kappa shape index (κ1) is 15.0. The summed E-state index contributed by atoms with van der Waals surface area (Å²) in [5.41, 5.74) is 3.04. The highest BCUT2D eigenvalue weighted by Gasteiger charge is 2.15. The Kier molecular flexibility index (Phi) is 4.92. The summed E-state index contributed by atoms with van der Waals surface area (Å²) in [7, 11) is 0. The summed E-state index contributed by atoms with van der Waals surface area (Å²) in [4.78, 5) is 22.1. The Balaban J connectivity index is 2.63. The lowest BCUT2D eigenvalue weighted by Gasteiger charge is -2.14. The summed E-state index contributed by atoms with van der Waals surface area (Å²) < 4.78 is 5.46. The van der Waals surface area contributed by atoms with Gasteiger partial charge < -0.3 is 15.2 Å². The average Bonchev–Trinajstić information content (AvgIpc) is 2.27. The minimum atomic E-state index is -1.07. The number of carboxylic acid groups (broad SMARTS) is 1. The summed E-state index contributed by atoms with van der Waals surface area (Å²) in [5.74, 6) is -0.853. The predicted octanol–water partition coefficient (Wildman–Crippen LogP) is 1.58. The Hall–Kier alpha value is -2.04. The van der Waals surface area contributed by atoms with Gasteiger partial charge in [-0.1, -0.05) is 17.7 Å². The second-order valence-electron chi connectivity index (χ2n) is 4.64. The summed E-state index contributed by atoms with van der Waals surface area (Å²) in [6, 6.07) is 3.02. The summed E-state index contributed by atoms with van der Waals surface area (Å²) in [5, 5.41) is 11.0. The molecule has 1 atom stereocenters. The zero-order valence-corrected chi connectivity index (χ0v) is 11.6. The molecule has 0 radical (unpaired) electrons. The van der Waals surface area contributed by atoms with E-state index in [4.69, 9.17) is 9.84 Å². The summed E-state index contributed by atoms with van der Waals surface area (Å²) in [6.07, 6.45) is 0. The van der Waals surface area contributed by atoms with Crippen LogP contribution in [0.25, 0.3) is 0 Å². The second kappa shape index (κ2) is 6.22. The van der Waals surface area contributed by atoms with Crippen molar-refractivity contribution in [2.45, 2.75) is 33.7 Å². The van der Waals surface area contributed by atoms with Crippen molar-refractivity contribution in [3.63, 3.8) is 0 Å². The molecular weight excluding hydrogens is 246 g/mol. The number of nitrogens with one attached hydrogen (secondary N) is 1. The SMILES string of the molecule is Cc1cc(C)c(OCC(=O)N[C@@H](C)C(=O)O)c(C)c1. The Morgan fingerprint density at radius 1 is 1.26 bits per heavy atom. The molecule has 5 heteroatoms. The number of aliphatic carboxylic acids is 1. The van der Waals surface area contributed by atoms with Crippen molar-refractivity contribution in [1.29, 1.82) is 0 Å². The number of rotatable bonds is 5. The Morgan fingerprint density at radius 2 is 1.79 bits per heavy atom. The van der Waals surface area contributed by atoms with Crippen molar-refractivity contribution in [3.8, 4) is 5.75 Å². The fraction of sp³-hybridized carbons (Fsp3) is 0.429. The van der Waals surface area contributed by atoms with E-state index in [-0.39, 0.29) is 6.61 Å². The van der Waals surface area contributed by atoms with Gasteiger partial charge in [0, 0.05) is 0 Å². The van der Waals surface area contributed by atoms with Crippen LogP contribution in [0.2, 0.25) is 0 Å². The smallest absolute Gasteiger partial charge is 0.325 e. The van der Waals surface area contributed by atoms with Gasteiger partial charge >= 0.3 is 5.97 Å². The maximum absolute atomic E-state index is 11.5. The van der Waals surface area contributed by atoms with Gasteiger partial charge in [-0.3, -0.25) is 9.59 Å². The molecule has 0 bridgehead atoms. The van der Waals surface area contributed by atoms with Crippen LogP contribution < -0.4 is 10.1 Å². The zero-order valence-electron chi connectivity index (χ0n) is 11.6. The molecule has 1 rings (SSSR count). The number of benzene rings is 1. The van der Waals surface area contributed by atoms with Crippen LogP contribution in [0.3, 0.4) is 0 Å². The average molecular weight is 265 g/mol. The van der Waals surface area contributed by atoms with E-state index in [1.165, 1.54) is 6.92 Å². The molecule has 0 aromatic heterocycles. The van der Waals surface area contributed by atoms with Crippen LogP contribution in [-0.2, 0) is 9.59 Å². The van der Waals surface area contributed by atoms with Crippen LogP contribution in [0.15, 0.2) is 12.1 Å². The molecule has 0 saturated heterocycles. The number of hydrogen-bond acceptors (Lipinski definition) is 3. The quantitative estimate of drug-likeness (QED) is 0.847. The van der Waals surface area contributed by atoms with E-state index >= 15 is 0 Å². The molecule has 2 N–H and O–H groups in total. The van der Waals surface area contributed by atoms with Gasteiger partial charge in [0.15, 0.2) is 6.61 Å². The van der Waals surface area contributed by atoms with Gasteiger partial charge in [0.2, 0.25) is 0 Å². The molecule has 0 spiro atoms. The first-order valence-corrected chi connectivity index (χ1v) is 6.04.